The fourth-order valence-electron chi connectivity index (χ4n) is 1.90. The minimum Gasteiger partial charge on any atom is -0.385 e. The smallest absolute Gasteiger partial charge is 0.0470 e. The van der Waals surface area contributed by atoms with Crippen molar-refractivity contribution in [2.75, 3.05) is 26.5 Å². The van der Waals surface area contributed by atoms with E-state index < -0.39 is 0 Å². The van der Waals surface area contributed by atoms with Gasteiger partial charge >= 0.3 is 0 Å². The maximum atomic E-state index is 5.07. The van der Waals surface area contributed by atoms with Gasteiger partial charge < -0.3 is 10.1 Å². The lowest BCUT2D eigenvalue weighted by Crippen LogP contribution is -2.25. The highest BCUT2D eigenvalue weighted by Crippen LogP contribution is 2.26. The molecule has 0 heterocycles. The Hall–Kier alpha value is -0.510. The fraction of sp³-hybridized carbons (Fsp3) is 0.571. The topological polar surface area (TPSA) is 21.3 Å². The second-order valence-electron chi connectivity index (χ2n) is 4.10. The van der Waals surface area contributed by atoms with Crippen LogP contribution in [0.4, 0.5) is 0 Å². The monoisotopic (exact) mass is 253 g/mol. The van der Waals surface area contributed by atoms with Crippen molar-refractivity contribution in [3.05, 3.63) is 35.9 Å². The van der Waals surface area contributed by atoms with E-state index in [4.69, 9.17) is 4.74 Å². The summed E-state index contributed by atoms with van der Waals surface area (Å²) >= 11 is 2.00. The fourth-order valence-corrected chi connectivity index (χ4v) is 3.04. The Morgan fingerprint density at radius 3 is 2.59 bits per heavy atom. The van der Waals surface area contributed by atoms with Crippen molar-refractivity contribution in [1.82, 2.24) is 5.32 Å². The Bertz CT molecular complexity index is 292. The summed E-state index contributed by atoms with van der Waals surface area (Å²) in [5.41, 5.74) is 1.36. The van der Waals surface area contributed by atoms with Gasteiger partial charge in [0.25, 0.3) is 0 Å². The van der Waals surface area contributed by atoms with E-state index in [0.717, 1.165) is 18.8 Å². The molecule has 0 spiro atoms. The van der Waals surface area contributed by atoms with Gasteiger partial charge in [-0.3, -0.25) is 0 Å². The molecule has 0 radical (unpaired) electrons. The van der Waals surface area contributed by atoms with Crippen molar-refractivity contribution in [1.29, 1.82) is 0 Å². The number of thioether (sulfide) groups is 1. The molecule has 3 heteroatoms. The second kappa shape index (κ2) is 8.56. The molecule has 0 aromatic heterocycles. The summed E-state index contributed by atoms with van der Waals surface area (Å²) in [6.45, 7) is 3.14. The van der Waals surface area contributed by atoms with Gasteiger partial charge in [0.05, 0.1) is 0 Å². The average Bonchev–Trinajstić information content (AvgIpc) is 2.37. The molecule has 96 valence electrons. The number of methoxy groups -OCH3 is 1. The predicted octanol–water partition coefficient (Wildman–Crippen LogP) is 3.11. The molecule has 0 aliphatic rings. The van der Waals surface area contributed by atoms with Gasteiger partial charge in [-0.1, -0.05) is 37.3 Å². The maximum absolute atomic E-state index is 5.07. The molecular weight excluding hydrogens is 230 g/mol. The van der Waals surface area contributed by atoms with Gasteiger partial charge in [0.15, 0.2) is 0 Å². The van der Waals surface area contributed by atoms with Crippen molar-refractivity contribution in [2.45, 2.75) is 24.6 Å². The van der Waals surface area contributed by atoms with Crippen molar-refractivity contribution in [2.24, 2.45) is 0 Å². The van der Waals surface area contributed by atoms with Crippen LogP contribution in [0.25, 0.3) is 0 Å². The Labute approximate surface area is 109 Å². The van der Waals surface area contributed by atoms with E-state index in [-0.39, 0.29) is 0 Å². The molecule has 1 N–H and O–H groups in total. The molecule has 0 saturated heterocycles. The van der Waals surface area contributed by atoms with Crippen molar-refractivity contribution < 1.29 is 4.74 Å². The van der Waals surface area contributed by atoms with E-state index in [1.807, 2.05) is 18.8 Å². The van der Waals surface area contributed by atoms with E-state index in [2.05, 4.69) is 42.6 Å². The van der Waals surface area contributed by atoms with Crippen LogP contribution >= 0.6 is 11.8 Å². The second-order valence-corrected chi connectivity index (χ2v) is 5.58. The SMILES string of the molecule is CNC(c1ccccc1)C(C)SCCCOC. The lowest BCUT2D eigenvalue weighted by atomic mass is 10.0. The van der Waals surface area contributed by atoms with Crippen LogP contribution in [0.1, 0.15) is 24.9 Å². The Morgan fingerprint density at radius 2 is 2.00 bits per heavy atom. The normalized spacial score (nSPS) is 14.5. The summed E-state index contributed by atoms with van der Waals surface area (Å²) in [5.74, 6) is 1.15. The molecular formula is C14H23NOS. The Balaban J connectivity index is 2.44. The van der Waals surface area contributed by atoms with Crippen LogP contribution in [-0.2, 0) is 4.74 Å². The van der Waals surface area contributed by atoms with Gasteiger partial charge in [-0.2, -0.15) is 11.8 Å². The van der Waals surface area contributed by atoms with Crippen LogP contribution in [0.3, 0.4) is 0 Å². The first-order chi connectivity index (χ1) is 8.29. The number of ether oxygens (including phenoxy) is 1. The van der Waals surface area contributed by atoms with Gasteiger partial charge in [-0.05, 0) is 24.8 Å². The molecule has 17 heavy (non-hydrogen) atoms. The van der Waals surface area contributed by atoms with Crippen LogP contribution < -0.4 is 5.32 Å². The van der Waals surface area contributed by atoms with Crippen molar-refractivity contribution in [3.63, 3.8) is 0 Å². The first kappa shape index (κ1) is 14.6. The van der Waals surface area contributed by atoms with Crippen molar-refractivity contribution in [3.8, 4) is 0 Å². The summed E-state index contributed by atoms with van der Waals surface area (Å²) in [6, 6.07) is 11.1. The minimum atomic E-state index is 0.420. The number of hydrogen-bond acceptors (Lipinski definition) is 3. The summed E-state index contributed by atoms with van der Waals surface area (Å²) in [6.07, 6.45) is 1.12. The first-order valence-electron chi connectivity index (χ1n) is 6.12. The molecule has 1 aromatic carbocycles. The highest BCUT2D eigenvalue weighted by Gasteiger charge is 2.17. The van der Waals surface area contributed by atoms with E-state index in [1.54, 1.807) is 7.11 Å². The van der Waals surface area contributed by atoms with E-state index in [9.17, 15) is 0 Å². The predicted molar refractivity (Wildman–Crippen MR) is 76.7 cm³/mol. The third kappa shape index (κ3) is 5.11. The van der Waals surface area contributed by atoms with Crippen LogP contribution in [0, 0.1) is 0 Å². The van der Waals surface area contributed by atoms with Crippen molar-refractivity contribution >= 4 is 11.8 Å². The number of benzene rings is 1. The van der Waals surface area contributed by atoms with Gasteiger partial charge in [0.2, 0.25) is 0 Å². The van der Waals surface area contributed by atoms with Crippen LogP contribution in [0.5, 0.6) is 0 Å². The number of hydrogen-bond donors (Lipinski definition) is 1. The Morgan fingerprint density at radius 1 is 1.29 bits per heavy atom. The third-order valence-corrected chi connectivity index (χ3v) is 4.13. The van der Waals surface area contributed by atoms with Gasteiger partial charge in [-0.25, -0.2) is 0 Å². The van der Waals surface area contributed by atoms with E-state index in [1.165, 1.54) is 5.56 Å². The molecule has 0 saturated carbocycles. The van der Waals surface area contributed by atoms with E-state index >= 15 is 0 Å². The molecule has 1 rings (SSSR count). The lowest BCUT2D eigenvalue weighted by molar-refractivity contribution is 0.200. The molecule has 2 unspecified atom stereocenters. The largest absolute Gasteiger partial charge is 0.385 e. The van der Waals surface area contributed by atoms with Gasteiger partial charge in [0, 0.05) is 25.0 Å². The molecule has 0 aliphatic carbocycles. The van der Waals surface area contributed by atoms with Crippen LogP contribution in [0.2, 0.25) is 0 Å². The molecule has 2 atom stereocenters. The zero-order valence-corrected chi connectivity index (χ0v) is 11.8. The van der Waals surface area contributed by atoms with E-state index in [0.29, 0.717) is 11.3 Å². The zero-order valence-electron chi connectivity index (χ0n) is 11.0. The quantitative estimate of drug-likeness (QED) is 0.719. The van der Waals surface area contributed by atoms with Gasteiger partial charge in [0.1, 0.15) is 0 Å². The third-order valence-electron chi connectivity index (χ3n) is 2.81. The summed E-state index contributed by atoms with van der Waals surface area (Å²) in [5, 5.41) is 3.98. The standard InChI is InChI=1S/C14H23NOS/c1-12(17-11-7-10-16-3)14(15-2)13-8-5-4-6-9-13/h4-6,8-9,12,14-15H,7,10-11H2,1-3H3. The van der Waals surface area contributed by atoms with Crippen LogP contribution in [-0.4, -0.2) is 31.8 Å². The molecule has 0 fully saturated rings. The highest BCUT2D eigenvalue weighted by molar-refractivity contribution is 7.99. The molecule has 1 aromatic rings. The zero-order chi connectivity index (χ0) is 12.5. The minimum absolute atomic E-state index is 0.420. The van der Waals surface area contributed by atoms with Gasteiger partial charge in [-0.15, -0.1) is 0 Å². The maximum Gasteiger partial charge on any atom is 0.0470 e. The molecule has 0 bridgehead atoms. The number of rotatable bonds is 8. The highest BCUT2D eigenvalue weighted by atomic mass is 32.2. The summed E-state index contributed by atoms with van der Waals surface area (Å²) in [4.78, 5) is 0. The Kier molecular flexibility index (Phi) is 7.33. The van der Waals surface area contributed by atoms with Crippen LogP contribution in [0.15, 0.2) is 30.3 Å². The molecule has 2 nitrogen and oxygen atoms in total. The molecule has 0 aliphatic heterocycles. The summed E-state index contributed by atoms with van der Waals surface area (Å²) in [7, 11) is 3.79. The summed E-state index contributed by atoms with van der Waals surface area (Å²) < 4.78 is 5.07. The number of nitrogens with one attached hydrogen (secondary N) is 1. The first-order valence-corrected chi connectivity index (χ1v) is 7.17. The molecule has 0 amide bonds. The average molecular weight is 253 g/mol. The lowest BCUT2D eigenvalue weighted by Gasteiger charge is -2.23.